The third-order valence-electron chi connectivity index (χ3n) is 6.27. The first-order valence-corrected chi connectivity index (χ1v) is 11.5. The van der Waals surface area contributed by atoms with Crippen molar-refractivity contribution in [3.8, 4) is 34.5 Å². The molecular weight excluding hydrogens is 456 g/mol. The third kappa shape index (κ3) is 4.66. The van der Waals surface area contributed by atoms with Gasteiger partial charge in [0, 0.05) is 17.7 Å². The van der Waals surface area contributed by atoms with E-state index in [-0.39, 0.29) is 23.2 Å². The van der Waals surface area contributed by atoms with E-state index in [1.165, 1.54) is 6.07 Å². The lowest BCUT2D eigenvalue weighted by atomic mass is 9.84. The highest BCUT2D eigenvalue weighted by Crippen LogP contribution is 2.51. The van der Waals surface area contributed by atoms with Crippen molar-refractivity contribution in [3.63, 3.8) is 0 Å². The largest absolute Gasteiger partial charge is 0.508 e. The summed E-state index contributed by atoms with van der Waals surface area (Å²) in [5.41, 5.74) is 4.42. The van der Waals surface area contributed by atoms with Crippen LogP contribution >= 0.6 is 0 Å². The zero-order valence-electron chi connectivity index (χ0n) is 19.9. The van der Waals surface area contributed by atoms with Gasteiger partial charge in [0.2, 0.25) is 0 Å². The number of phenols is 3. The first kappa shape index (κ1) is 23.2. The molecule has 0 saturated carbocycles. The molecule has 0 aromatic heterocycles. The smallest absolute Gasteiger partial charge is 0.135 e. The Hall–Kier alpha value is -4.58. The lowest BCUT2D eigenvalue weighted by Gasteiger charge is -2.20. The van der Waals surface area contributed by atoms with Gasteiger partial charge in [0.05, 0.1) is 20.1 Å². The van der Waals surface area contributed by atoms with Crippen molar-refractivity contribution in [2.75, 3.05) is 14.2 Å². The molecule has 4 aromatic carbocycles. The second kappa shape index (κ2) is 9.58. The van der Waals surface area contributed by atoms with Gasteiger partial charge < -0.3 is 29.5 Å². The molecule has 1 aliphatic heterocycles. The van der Waals surface area contributed by atoms with Crippen LogP contribution in [0.5, 0.6) is 34.5 Å². The zero-order valence-corrected chi connectivity index (χ0v) is 19.9. The van der Waals surface area contributed by atoms with Gasteiger partial charge in [0.25, 0.3) is 0 Å². The molecule has 182 valence electrons. The molecule has 3 N–H and O–H groups in total. The molecule has 36 heavy (non-hydrogen) atoms. The van der Waals surface area contributed by atoms with Gasteiger partial charge in [-0.1, -0.05) is 30.4 Å². The van der Waals surface area contributed by atoms with Gasteiger partial charge in [0.1, 0.15) is 40.6 Å². The highest BCUT2D eigenvalue weighted by molar-refractivity contribution is 5.72. The van der Waals surface area contributed by atoms with Crippen LogP contribution in [0, 0.1) is 0 Å². The summed E-state index contributed by atoms with van der Waals surface area (Å²) in [5.74, 6) is 1.97. The molecule has 0 bridgehead atoms. The highest BCUT2D eigenvalue weighted by atomic mass is 16.5. The van der Waals surface area contributed by atoms with E-state index in [0.717, 1.165) is 33.6 Å². The number of methoxy groups -OCH3 is 2. The van der Waals surface area contributed by atoms with Gasteiger partial charge in [-0.05, 0) is 70.8 Å². The van der Waals surface area contributed by atoms with Crippen molar-refractivity contribution in [1.29, 1.82) is 0 Å². The van der Waals surface area contributed by atoms with Gasteiger partial charge in [-0.3, -0.25) is 0 Å². The minimum Gasteiger partial charge on any atom is -0.508 e. The predicted octanol–water partition coefficient (Wildman–Crippen LogP) is 6.26. The molecule has 0 radical (unpaired) electrons. The second-order valence-electron chi connectivity index (χ2n) is 8.67. The van der Waals surface area contributed by atoms with Crippen molar-refractivity contribution < 1.29 is 29.5 Å². The molecule has 6 heteroatoms. The number of ether oxygens (including phenoxy) is 3. The van der Waals surface area contributed by atoms with E-state index in [4.69, 9.17) is 14.2 Å². The summed E-state index contributed by atoms with van der Waals surface area (Å²) in [6, 6.07) is 23.1. The van der Waals surface area contributed by atoms with Crippen molar-refractivity contribution in [2.24, 2.45) is 0 Å². The molecule has 0 fully saturated rings. The van der Waals surface area contributed by atoms with Crippen LogP contribution < -0.4 is 14.2 Å². The van der Waals surface area contributed by atoms with Gasteiger partial charge in [-0.2, -0.15) is 0 Å². The Bertz CT molecular complexity index is 1380. The van der Waals surface area contributed by atoms with Gasteiger partial charge >= 0.3 is 0 Å². The number of benzene rings is 4. The van der Waals surface area contributed by atoms with E-state index in [9.17, 15) is 15.3 Å². The highest BCUT2D eigenvalue weighted by Gasteiger charge is 2.37. The van der Waals surface area contributed by atoms with Gasteiger partial charge in [-0.15, -0.1) is 0 Å². The van der Waals surface area contributed by atoms with Crippen LogP contribution in [0.1, 0.15) is 39.8 Å². The fraction of sp³-hybridized carbons (Fsp3) is 0.133. The summed E-state index contributed by atoms with van der Waals surface area (Å²) in [7, 11) is 3.24. The van der Waals surface area contributed by atoms with Crippen LogP contribution in [0.25, 0.3) is 12.2 Å². The quantitative estimate of drug-likeness (QED) is 0.281. The average molecular weight is 483 g/mol. The predicted molar refractivity (Wildman–Crippen MR) is 138 cm³/mol. The number of hydrogen-bond donors (Lipinski definition) is 3. The first-order chi connectivity index (χ1) is 17.4. The van der Waals surface area contributed by atoms with E-state index >= 15 is 0 Å². The van der Waals surface area contributed by atoms with Crippen LogP contribution in [0.2, 0.25) is 0 Å². The van der Waals surface area contributed by atoms with Crippen LogP contribution in [0.4, 0.5) is 0 Å². The fourth-order valence-corrected chi connectivity index (χ4v) is 4.58. The SMILES string of the molecule is COc1cc(/C=C/c2ccc3c(c2)C(c2cc(O)cc(O)c2)C(c2ccc(O)cc2)O3)cc(OC)c1. The van der Waals surface area contributed by atoms with E-state index in [1.807, 2.05) is 54.6 Å². The van der Waals surface area contributed by atoms with Crippen molar-refractivity contribution in [2.45, 2.75) is 12.0 Å². The van der Waals surface area contributed by atoms with E-state index < -0.39 is 6.10 Å². The first-order valence-electron chi connectivity index (χ1n) is 11.5. The topological polar surface area (TPSA) is 88.4 Å². The van der Waals surface area contributed by atoms with Crippen LogP contribution in [0.3, 0.4) is 0 Å². The Morgan fingerprint density at radius 3 is 1.92 bits per heavy atom. The van der Waals surface area contributed by atoms with Gasteiger partial charge in [-0.25, -0.2) is 0 Å². The molecule has 4 aromatic rings. The lowest BCUT2D eigenvalue weighted by molar-refractivity contribution is 0.222. The molecule has 0 saturated heterocycles. The summed E-state index contributed by atoms with van der Waals surface area (Å²) >= 11 is 0. The number of hydrogen-bond acceptors (Lipinski definition) is 6. The summed E-state index contributed by atoms with van der Waals surface area (Å²) in [6.45, 7) is 0. The van der Waals surface area contributed by atoms with E-state index in [0.29, 0.717) is 11.5 Å². The number of aromatic hydroxyl groups is 3. The zero-order chi connectivity index (χ0) is 25.2. The van der Waals surface area contributed by atoms with E-state index in [2.05, 4.69) is 6.07 Å². The summed E-state index contributed by atoms with van der Waals surface area (Å²) < 4.78 is 17.1. The summed E-state index contributed by atoms with van der Waals surface area (Å²) in [4.78, 5) is 0. The second-order valence-corrected chi connectivity index (χ2v) is 8.67. The Morgan fingerprint density at radius 2 is 1.28 bits per heavy atom. The van der Waals surface area contributed by atoms with Crippen molar-refractivity contribution >= 4 is 12.2 Å². The third-order valence-corrected chi connectivity index (χ3v) is 6.27. The molecule has 6 nitrogen and oxygen atoms in total. The monoisotopic (exact) mass is 482 g/mol. The summed E-state index contributed by atoms with van der Waals surface area (Å²) in [5, 5.41) is 30.1. The molecule has 0 aliphatic carbocycles. The Balaban J connectivity index is 1.55. The molecule has 2 atom stereocenters. The van der Waals surface area contributed by atoms with Crippen LogP contribution in [0.15, 0.2) is 78.9 Å². The standard InChI is InChI=1S/C30H26O6/c1-34-25-11-19(12-26(17-25)35-2)4-3-18-5-10-28-27(13-18)29(21-14-23(32)16-24(33)15-21)30(36-28)20-6-8-22(31)9-7-20/h3-17,29-33H,1-2H3/b4-3+. The minimum atomic E-state index is -0.399. The Kier molecular flexibility index (Phi) is 6.17. The fourth-order valence-electron chi connectivity index (χ4n) is 4.58. The number of fused-ring (bicyclic) bond motifs is 1. The van der Waals surface area contributed by atoms with Crippen molar-refractivity contribution in [3.05, 3.63) is 107 Å². The molecule has 0 spiro atoms. The van der Waals surface area contributed by atoms with Crippen molar-refractivity contribution in [1.82, 2.24) is 0 Å². The minimum absolute atomic E-state index is 0.0223. The number of rotatable bonds is 6. The molecular formula is C30H26O6. The maximum atomic E-state index is 10.2. The Morgan fingerprint density at radius 1 is 0.639 bits per heavy atom. The normalized spacial score (nSPS) is 16.5. The lowest BCUT2D eigenvalue weighted by Crippen LogP contribution is -2.11. The van der Waals surface area contributed by atoms with Crippen LogP contribution in [-0.2, 0) is 0 Å². The maximum absolute atomic E-state index is 10.2. The molecule has 2 unspecified atom stereocenters. The Labute approximate surface area is 209 Å². The molecule has 1 heterocycles. The molecule has 0 amide bonds. The number of phenolic OH excluding ortho intramolecular Hbond substituents is 3. The molecule has 1 aliphatic rings. The average Bonchev–Trinajstić information content (AvgIpc) is 3.26. The van der Waals surface area contributed by atoms with Gasteiger partial charge in [0.15, 0.2) is 0 Å². The van der Waals surface area contributed by atoms with Crippen LogP contribution in [-0.4, -0.2) is 29.5 Å². The maximum Gasteiger partial charge on any atom is 0.135 e. The van der Waals surface area contributed by atoms with E-state index in [1.54, 1.807) is 38.5 Å². The molecule has 5 rings (SSSR count). The summed E-state index contributed by atoms with van der Waals surface area (Å²) in [6.07, 6.45) is 3.58.